The van der Waals surface area contributed by atoms with Crippen LogP contribution in [0.4, 0.5) is 0 Å². The van der Waals surface area contributed by atoms with Gasteiger partial charge >= 0.3 is 0 Å². The van der Waals surface area contributed by atoms with E-state index in [0.29, 0.717) is 6.54 Å². The van der Waals surface area contributed by atoms with Crippen LogP contribution in [0, 0.1) is 0 Å². The van der Waals surface area contributed by atoms with Gasteiger partial charge in [0.05, 0.1) is 5.56 Å². The molecule has 116 valence electrons. The van der Waals surface area contributed by atoms with Crippen LogP contribution in [0.15, 0.2) is 16.8 Å². The van der Waals surface area contributed by atoms with Gasteiger partial charge in [0.15, 0.2) is 0 Å². The molecule has 2 rings (SSSR count). The van der Waals surface area contributed by atoms with Gasteiger partial charge in [-0.25, -0.2) is 0 Å². The number of hydrogen-bond donors (Lipinski definition) is 1. The quantitative estimate of drug-likeness (QED) is 0.819. The van der Waals surface area contributed by atoms with E-state index in [0.717, 1.165) is 38.3 Å². The summed E-state index contributed by atoms with van der Waals surface area (Å²) in [5.41, 5.74) is 0.778. The summed E-state index contributed by atoms with van der Waals surface area (Å²) in [6.07, 6.45) is 0. The predicted octanol–water partition coefficient (Wildman–Crippen LogP) is 0.269. The molecule has 0 atom stereocenters. The molecular weight excluding hydrogens is 290 g/mol. The lowest BCUT2D eigenvalue weighted by Crippen LogP contribution is -2.50. The lowest BCUT2D eigenvalue weighted by atomic mass is 10.2. The summed E-state index contributed by atoms with van der Waals surface area (Å²) in [5.74, 6) is 0.0214. The van der Waals surface area contributed by atoms with E-state index in [1.807, 2.05) is 21.7 Å². The molecule has 1 N–H and O–H groups in total. The predicted molar refractivity (Wildman–Crippen MR) is 81.5 cm³/mol. The highest BCUT2D eigenvalue weighted by molar-refractivity contribution is 7.08. The van der Waals surface area contributed by atoms with Crippen LogP contribution in [0.1, 0.15) is 10.4 Å². The van der Waals surface area contributed by atoms with Crippen molar-refractivity contribution in [3.8, 4) is 0 Å². The highest BCUT2D eigenvalue weighted by Gasteiger charge is 2.21. The van der Waals surface area contributed by atoms with Crippen LogP contribution in [-0.2, 0) is 9.53 Å². The first-order chi connectivity index (χ1) is 10.2. The van der Waals surface area contributed by atoms with Crippen LogP contribution in [0.3, 0.4) is 0 Å². The zero-order chi connectivity index (χ0) is 15.1. The van der Waals surface area contributed by atoms with Crippen molar-refractivity contribution in [2.75, 3.05) is 53.0 Å². The standard InChI is InChI=1S/C14H21N3O3S/c1-20-10-13(18)15-3-4-16-5-7-17(8-6-16)14(19)12-2-9-21-11-12/h2,9,11H,3-8,10H2,1H3,(H,15,18). The number of ether oxygens (including phenoxy) is 1. The maximum Gasteiger partial charge on any atom is 0.254 e. The first-order valence-corrected chi connectivity index (χ1v) is 7.94. The average molecular weight is 311 g/mol. The van der Waals surface area contributed by atoms with E-state index in [9.17, 15) is 9.59 Å². The molecular formula is C14H21N3O3S. The number of nitrogens with one attached hydrogen (secondary N) is 1. The van der Waals surface area contributed by atoms with Crippen molar-refractivity contribution in [1.82, 2.24) is 15.1 Å². The number of amides is 2. The van der Waals surface area contributed by atoms with Crippen molar-refractivity contribution < 1.29 is 14.3 Å². The molecule has 1 aromatic heterocycles. The number of methoxy groups -OCH3 is 1. The Balaban J connectivity index is 1.66. The van der Waals surface area contributed by atoms with E-state index in [4.69, 9.17) is 4.74 Å². The second-order valence-electron chi connectivity index (χ2n) is 4.93. The summed E-state index contributed by atoms with van der Waals surface area (Å²) in [6, 6.07) is 1.87. The van der Waals surface area contributed by atoms with Crippen LogP contribution in [0.5, 0.6) is 0 Å². The Labute approximate surface area is 128 Å². The molecule has 6 nitrogen and oxygen atoms in total. The summed E-state index contributed by atoms with van der Waals surface area (Å²) >= 11 is 1.54. The van der Waals surface area contributed by atoms with Crippen molar-refractivity contribution >= 4 is 23.2 Å². The van der Waals surface area contributed by atoms with Gasteiger partial charge in [-0.2, -0.15) is 11.3 Å². The molecule has 2 amide bonds. The van der Waals surface area contributed by atoms with Crippen molar-refractivity contribution in [1.29, 1.82) is 0 Å². The van der Waals surface area contributed by atoms with Crippen molar-refractivity contribution in [3.63, 3.8) is 0 Å². The summed E-state index contributed by atoms with van der Waals surface area (Å²) in [6.45, 7) is 4.67. The van der Waals surface area contributed by atoms with E-state index >= 15 is 0 Å². The largest absolute Gasteiger partial charge is 0.375 e. The third-order valence-corrected chi connectivity index (χ3v) is 4.14. The molecule has 1 aromatic rings. The molecule has 0 aromatic carbocycles. The Morgan fingerprint density at radius 2 is 2.10 bits per heavy atom. The summed E-state index contributed by atoms with van der Waals surface area (Å²) in [5, 5.41) is 6.61. The Kier molecular flexibility index (Phi) is 6.16. The fourth-order valence-electron chi connectivity index (χ4n) is 2.28. The molecule has 0 unspecified atom stereocenters. The number of piperazine rings is 1. The monoisotopic (exact) mass is 311 g/mol. The molecule has 0 radical (unpaired) electrons. The third-order valence-electron chi connectivity index (χ3n) is 3.45. The molecule has 21 heavy (non-hydrogen) atoms. The minimum absolute atomic E-state index is 0.0937. The SMILES string of the molecule is COCC(=O)NCCN1CCN(C(=O)c2ccsc2)CC1. The lowest BCUT2D eigenvalue weighted by molar-refractivity contribution is -0.124. The summed E-state index contributed by atoms with van der Waals surface area (Å²) in [7, 11) is 1.50. The Morgan fingerprint density at radius 1 is 1.33 bits per heavy atom. The van der Waals surface area contributed by atoms with Crippen LogP contribution >= 0.6 is 11.3 Å². The van der Waals surface area contributed by atoms with Gasteiger partial charge in [-0.05, 0) is 11.4 Å². The second kappa shape index (κ2) is 8.11. The minimum atomic E-state index is -0.0937. The fraction of sp³-hybridized carbons (Fsp3) is 0.571. The van der Waals surface area contributed by atoms with Gasteiger partial charge in [-0.1, -0.05) is 0 Å². The molecule has 2 heterocycles. The van der Waals surface area contributed by atoms with Crippen LogP contribution in [0.25, 0.3) is 0 Å². The summed E-state index contributed by atoms with van der Waals surface area (Å²) < 4.78 is 4.75. The molecule has 1 saturated heterocycles. The molecule has 1 aliphatic heterocycles. The molecule has 7 heteroatoms. The zero-order valence-electron chi connectivity index (χ0n) is 12.2. The van der Waals surface area contributed by atoms with Gasteiger partial charge in [0.1, 0.15) is 6.61 Å². The van der Waals surface area contributed by atoms with Crippen molar-refractivity contribution in [2.24, 2.45) is 0 Å². The fourth-order valence-corrected chi connectivity index (χ4v) is 2.91. The number of carbonyl (C=O) groups is 2. The van der Waals surface area contributed by atoms with E-state index in [2.05, 4.69) is 10.2 Å². The zero-order valence-corrected chi connectivity index (χ0v) is 13.0. The van der Waals surface area contributed by atoms with Gasteiger partial charge in [-0.15, -0.1) is 0 Å². The number of carbonyl (C=O) groups excluding carboxylic acids is 2. The first-order valence-electron chi connectivity index (χ1n) is 7.00. The van der Waals surface area contributed by atoms with E-state index in [1.165, 1.54) is 7.11 Å². The van der Waals surface area contributed by atoms with E-state index in [-0.39, 0.29) is 18.4 Å². The minimum Gasteiger partial charge on any atom is -0.375 e. The smallest absolute Gasteiger partial charge is 0.254 e. The molecule has 0 spiro atoms. The van der Waals surface area contributed by atoms with Gasteiger partial charge in [0.2, 0.25) is 5.91 Å². The topological polar surface area (TPSA) is 61.9 Å². The summed E-state index contributed by atoms with van der Waals surface area (Å²) in [4.78, 5) is 27.6. The number of thiophene rings is 1. The van der Waals surface area contributed by atoms with E-state index < -0.39 is 0 Å². The average Bonchev–Trinajstić information content (AvgIpc) is 3.02. The number of hydrogen-bond acceptors (Lipinski definition) is 5. The lowest BCUT2D eigenvalue weighted by Gasteiger charge is -2.34. The van der Waals surface area contributed by atoms with E-state index in [1.54, 1.807) is 11.3 Å². The molecule has 0 bridgehead atoms. The van der Waals surface area contributed by atoms with Gasteiger partial charge < -0.3 is 15.0 Å². The number of nitrogens with zero attached hydrogens (tertiary/aromatic N) is 2. The van der Waals surface area contributed by atoms with Crippen LogP contribution in [-0.4, -0.2) is 74.6 Å². The first kappa shape index (κ1) is 15.9. The second-order valence-corrected chi connectivity index (χ2v) is 5.71. The highest BCUT2D eigenvalue weighted by Crippen LogP contribution is 2.11. The normalized spacial score (nSPS) is 16.0. The molecule has 0 aliphatic carbocycles. The van der Waals surface area contributed by atoms with Crippen LogP contribution in [0.2, 0.25) is 0 Å². The number of rotatable bonds is 6. The van der Waals surface area contributed by atoms with Crippen LogP contribution < -0.4 is 5.32 Å². The van der Waals surface area contributed by atoms with Crippen molar-refractivity contribution in [2.45, 2.75) is 0 Å². The van der Waals surface area contributed by atoms with Gasteiger partial charge in [0.25, 0.3) is 5.91 Å². The Hall–Kier alpha value is -1.44. The van der Waals surface area contributed by atoms with Gasteiger partial charge in [0, 0.05) is 51.8 Å². The molecule has 1 aliphatic rings. The Morgan fingerprint density at radius 3 is 2.71 bits per heavy atom. The maximum atomic E-state index is 12.2. The molecule has 1 fully saturated rings. The van der Waals surface area contributed by atoms with Gasteiger partial charge in [-0.3, -0.25) is 14.5 Å². The Bertz CT molecular complexity index is 456. The van der Waals surface area contributed by atoms with Crippen molar-refractivity contribution in [3.05, 3.63) is 22.4 Å². The third kappa shape index (κ3) is 4.80. The highest BCUT2D eigenvalue weighted by atomic mass is 32.1. The maximum absolute atomic E-state index is 12.2. The molecule has 0 saturated carbocycles.